The van der Waals surface area contributed by atoms with Gasteiger partial charge in [-0.05, 0) is 76.8 Å². The van der Waals surface area contributed by atoms with Crippen LogP contribution in [0.4, 0.5) is 10.3 Å². The Hall–Kier alpha value is -2.50. The molecule has 160 valence electrons. The lowest BCUT2D eigenvalue weighted by atomic mass is 9.86. The smallest absolute Gasteiger partial charge is 0.309 e. The first kappa shape index (κ1) is 20.8. The number of rotatable bonds is 5. The molecule has 2 fully saturated rings. The number of nitrogens with one attached hydrogen (secondary N) is 1. The van der Waals surface area contributed by atoms with Crippen LogP contribution in [-0.2, 0) is 9.53 Å². The van der Waals surface area contributed by atoms with Crippen LogP contribution in [0.25, 0.3) is 11.3 Å². The fourth-order valence-electron chi connectivity index (χ4n) is 4.04. The average Bonchev–Trinajstić information content (AvgIpc) is 3.54. The second-order valence-electron chi connectivity index (χ2n) is 9.52. The summed E-state index contributed by atoms with van der Waals surface area (Å²) < 4.78 is 20.0. The minimum atomic E-state index is -0.457. The quantitative estimate of drug-likeness (QED) is 0.661. The van der Waals surface area contributed by atoms with Gasteiger partial charge in [0.25, 0.3) is 0 Å². The number of halogens is 1. The summed E-state index contributed by atoms with van der Waals surface area (Å²) in [6.07, 6.45) is 6.84. The zero-order valence-corrected chi connectivity index (χ0v) is 18.0. The third kappa shape index (κ3) is 5.15. The number of benzene rings is 1. The van der Waals surface area contributed by atoms with E-state index in [9.17, 15) is 9.18 Å². The summed E-state index contributed by atoms with van der Waals surface area (Å²) in [5.74, 6) is 0.452. The number of aromatic nitrogens is 2. The molecule has 0 atom stereocenters. The fraction of sp³-hybridized carbons (Fsp3) is 0.542. The molecule has 2 aliphatic rings. The molecule has 30 heavy (non-hydrogen) atoms. The van der Waals surface area contributed by atoms with Crippen molar-refractivity contribution >= 4 is 11.9 Å². The van der Waals surface area contributed by atoms with Gasteiger partial charge in [0, 0.05) is 11.6 Å². The number of hydrogen-bond donors (Lipinski definition) is 1. The van der Waals surface area contributed by atoms with Gasteiger partial charge in [-0.2, -0.15) is 0 Å². The van der Waals surface area contributed by atoms with E-state index >= 15 is 0 Å². The van der Waals surface area contributed by atoms with Gasteiger partial charge in [0.05, 0.1) is 12.1 Å². The van der Waals surface area contributed by atoms with E-state index in [-0.39, 0.29) is 17.9 Å². The third-order valence-corrected chi connectivity index (χ3v) is 5.75. The molecule has 0 unspecified atom stereocenters. The van der Waals surface area contributed by atoms with E-state index < -0.39 is 11.4 Å². The molecular formula is C24H30FN3O2. The van der Waals surface area contributed by atoms with Crippen molar-refractivity contribution in [2.24, 2.45) is 5.92 Å². The summed E-state index contributed by atoms with van der Waals surface area (Å²) in [6.45, 7) is 5.67. The van der Waals surface area contributed by atoms with Crippen molar-refractivity contribution in [3.8, 4) is 11.3 Å². The van der Waals surface area contributed by atoms with Crippen LogP contribution in [0.3, 0.4) is 0 Å². The Morgan fingerprint density at radius 2 is 1.87 bits per heavy atom. The van der Waals surface area contributed by atoms with Crippen molar-refractivity contribution in [1.82, 2.24) is 9.97 Å². The Labute approximate surface area is 177 Å². The van der Waals surface area contributed by atoms with E-state index in [1.807, 2.05) is 39.0 Å². The summed E-state index contributed by atoms with van der Waals surface area (Å²) in [6, 6.07) is 8.17. The lowest BCUT2D eigenvalue weighted by molar-refractivity contribution is -0.161. The summed E-state index contributed by atoms with van der Waals surface area (Å²) in [4.78, 5) is 20.9. The molecule has 1 aromatic heterocycles. The molecule has 0 aliphatic heterocycles. The first-order chi connectivity index (χ1) is 14.3. The maximum atomic E-state index is 14.5. The van der Waals surface area contributed by atoms with Crippen LogP contribution in [0, 0.1) is 11.7 Å². The lowest BCUT2D eigenvalue weighted by Gasteiger charge is -2.30. The van der Waals surface area contributed by atoms with E-state index in [2.05, 4.69) is 21.4 Å². The minimum Gasteiger partial charge on any atom is -0.460 e. The second kappa shape index (κ2) is 8.32. The Kier molecular flexibility index (Phi) is 5.76. The molecule has 1 heterocycles. The van der Waals surface area contributed by atoms with Crippen molar-refractivity contribution in [3.63, 3.8) is 0 Å². The van der Waals surface area contributed by atoms with E-state index in [0.29, 0.717) is 17.6 Å². The van der Waals surface area contributed by atoms with Gasteiger partial charge in [0.2, 0.25) is 5.95 Å². The molecule has 2 aromatic rings. The van der Waals surface area contributed by atoms with Crippen LogP contribution in [0.15, 0.2) is 30.5 Å². The number of carbonyl (C=O) groups excluding carboxylic acids is 1. The summed E-state index contributed by atoms with van der Waals surface area (Å²) >= 11 is 0. The van der Waals surface area contributed by atoms with Crippen LogP contribution in [0.1, 0.15) is 70.8 Å². The molecule has 1 N–H and O–H groups in total. The standard InChI is InChI=1S/C24H30FN3O2/c1-24(2,3)30-22(29)16-9-11-19(12-10-16)27-23-26-14-20(25)21(28-23)18-6-4-5-17(13-18)15-7-8-15/h4-6,13-16,19H,7-12H2,1-3H3,(H,26,27,28)/t16-,19-. The van der Waals surface area contributed by atoms with Gasteiger partial charge in [-0.3, -0.25) is 4.79 Å². The van der Waals surface area contributed by atoms with Gasteiger partial charge in [-0.1, -0.05) is 18.2 Å². The van der Waals surface area contributed by atoms with Crippen molar-refractivity contribution in [3.05, 3.63) is 41.8 Å². The summed E-state index contributed by atoms with van der Waals surface area (Å²) in [5.41, 5.74) is 1.91. The molecule has 2 saturated carbocycles. The number of hydrogen-bond acceptors (Lipinski definition) is 5. The van der Waals surface area contributed by atoms with Crippen LogP contribution in [0.5, 0.6) is 0 Å². The molecule has 1 aromatic carbocycles. The molecule has 5 nitrogen and oxygen atoms in total. The highest BCUT2D eigenvalue weighted by molar-refractivity contribution is 5.73. The zero-order chi connectivity index (χ0) is 21.3. The first-order valence-corrected chi connectivity index (χ1v) is 10.9. The van der Waals surface area contributed by atoms with Gasteiger partial charge in [0.15, 0.2) is 5.82 Å². The molecular weight excluding hydrogens is 381 g/mol. The van der Waals surface area contributed by atoms with Gasteiger partial charge in [0.1, 0.15) is 11.3 Å². The van der Waals surface area contributed by atoms with Crippen molar-refractivity contribution in [2.75, 3.05) is 5.32 Å². The van der Waals surface area contributed by atoms with Crippen LogP contribution < -0.4 is 5.32 Å². The van der Waals surface area contributed by atoms with Crippen LogP contribution >= 0.6 is 0 Å². The minimum absolute atomic E-state index is 0.0582. The normalized spacial score (nSPS) is 21.9. The molecule has 0 spiro atoms. The Bertz CT molecular complexity index is 913. The molecule has 0 bridgehead atoms. The number of carbonyl (C=O) groups is 1. The molecule has 2 aliphatic carbocycles. The molecule has 0 amide bonds. The topological polar surface area (TPSA) is 64.1 Å². The molecule has 0 saturated heterocycles. The highest BCUT2D eigenvalue weighted by atomic mass is 19.1. The third-order valence-electron chi connectivity index (χ3n) is 5.75. The molecule has 4 rings (SSSR count). The maximum absolute atomic E-state index is 14.5. The van der Waals surface area contributed by atoms with Crippen LogP contribution in [-0.4, -0.2) is 27.6 Å². The monoisotopic (exact) mass is 411 g/mol. The van der Waals surface area contributed by atoms with E-state index in [1.165, 1.54) is 24.6 Å². The van der Waals surface area contributed by atoms with E-state index in [4.69, 9.17) is 4.74 Å². The SMILES string of the molecule is CC(C)(C)OC(=O)[C@H]1CC[C@H](Nc2ncc(F)c(-c3cccc(C4CC4)c3)n2)CC1. The maximum Gasteiger partial charge on any atom is 0.309 e. The predicted octanol–water partition coefficient (Wildman–Crippen LogP) is 5.47. The summed E-state index contributed by atoms with van der Waals surface area (Å²) in [5, 5.41) is 3.33. The number of nitrogens with zero attached hydrogens (tertiary/aromatic N) is 2. The largest absolute Gasteiger partial charge is 0.460 e. The highest BCUT2D eigenvalue weighted by Gasteiger charge is 2.30. The van der Waals surface area contributed by atoms with Gasteiger partial charge < -0.3 is 10.1 Å². The van der Waals surface area contributed by atoms with Gasteiger partial charge >= 0.3 is 5.97 Å². The Balaban J connectivity index is 1.40. The van der Waals surface area contributed by atoms with Crippen LogP contribution in [0.2, 0.25) is 0 Å². The van der Waals surface area contributed by atoms with Gasteiger partial charge in [-0.25, -0.2) is 14.4 Å². The molecule has 0 radical (unpaired) electrons. The van der Waals surface area contributed by atoms with E-state index in [0.717, 1.165) is 31.2 Å². The fourth-order valence-corrected chi connectivity index (χ4v) is 4.04. The second-order valence-corrected chi connectivity index (χ2v) is 9.52. The lowest BCUT2D eigenvalue weighted by Crippen LogP contribution is -2.34. The number of esters is 1. The van der Waals surface area contributed by atoms with E-state index in [1.54, 1.807) is 0 Å². The van der Waals surface area contributed by atoms with Crippen molar-refractivity contribution < 1.29 is 13.9 Å². The summed E-state index contributed by atoms with van der Waals surface area (Å²) in [7, 11) is 0. The highest BCUT2D eigenvalue weighted by Crippen LogP contribution is 2.41. The Morgan fingerprint density at radius 3 is 2.53 bits per heavy atom. The Morgan fingerprint density at radius 1 is 1.13 bits per heavy atom. The van der Waals surface area contributed by atoms with Crippen molar-refractivity contribution in [1.29, 1.82) is 0 Å². The predicted molar refractivity (Wildman–Crippen MR) is 115 cm³/mol. The number of ether oxygens (including phenoxy) is 1. The average molecular weight is 412 g/mol. The van der Waals surface area contributed by atoms with Crippen molar-refractivity contribution in [2.45, 2.75) is 76.9 Å². The van der Waals surface area contributed by atoms with Gasteiger partial charge in [-0.15, -0.1) is 0 Å². The zero-order valence-electron chi connectivity index (χ0n) is 18.0. The first-order valence-electron chi connectivity index (χ1n) is 10.9. The number of anilines is 1. The molecule has 6 heteroatoms.